The molecule has 136 valence electrons. The van der Waals surface area contributed by atoms with Gasteiger partial charge in [-0.1, -0.05) is 40.2 Å². The van der Waals surface area contributed by atoms with Crippen molar-refractivity contribution in [1.29, 1.82) is 0 Å². The molecule has 3 aromatic carbocycles. The normalized spacial score (nSPS) is 13.6. The van der Waals surface area contributed by atoms with Crippen LogP contribution in [0.15, 0.2) is 64.0 Å². The molecule has 28 heavy (non-hydrogen) atoms. The SMILES string of the molecule is O=C1c2cccc3cc(S(=O)(=O)[O-])cc(c23)C(=O)N1Cc1ccc(Br)cc1.[K+]. The molecule has 0 spiro atoms. The van der Waals surface area contributed by atoms with Crippen molar-refractivity contribution >= 4 is 48.6 Å². The Kier molecular flexibility index (Phi) is 6.28. The van der Waals surface area contributed by atoms with Crippen LogP contribution in [-0.2, 0) is 16.7 Å². The van der Waals surface area contributed by atoms with E-state index in [4.69, 9.17) is 0 Å². The maximum atomic E-state index is 13.0. The summed E-state index contributed by atoms with van der Waals surface area (Å²) >= 11 is 3.33. The van der Waals surface area contributed by atoms with Crippen LogP contribution in [0.4, 0.5) is 0 Å². The van der Waals surface area contributed by atoms with Gasteiger partial charge in [-0.2, -0.15) is 0 Å². The van der Waals surface area contributed by atoms with E-state index in [9.17, 15) is 22.6 Å². The molecule has 9 heteroatoms. The summed E-state index contributed by atoms with van der Waals surface area (Å²) in [5, 5.41) is 0.733. The number of carbonyl (C=O) groups is 2. The van der Waals surface area contributed by atoms with Crippen molar-refractivity contribution in [1.82, 2.24) is 4.90 Å². The fourth-order valence-electron chi connectivity index (χ4n) is 3.19. The van der Waals surface area contributed by atoms with Crippen molar-refractivity contribution in [3.8, 4) is 0 Å². The van der Waals surface area contributed by atoms with Gasteiger partial charge >= 0.3 is 51.4 Å². The van der Waals surface area contributed by atoms with Crippen LogP contribution >= 0.6 is 15.9 Å². The van der Waals surface area contributed by atoms with Gasteiger partial charge in [-0.3, -0.25) is 14.5 Å². The first-order chi connectivity index (χ1) is 12.8. The van der Waals surface area contributed by atoms with E-state index in [1.165, 1.54) is 6.07 Å². The number of rotatable bonds is 3. The van der Waals surface area contributed by atoms with Crippen molar-refractivity contribution in [2.45, 2.75) is 11.4 Å². The number of imide groups is 1. The van der Waals surface area contributed by atoms with Gasteiger partial charge in [-0.15, -0.1) is 0 Å². The number of hydrogen-bond donors (Lipinski definition) is 0. The molecule has 0 N–H and O–H groups in total. The van der Waals surface area contributed by atoms with E-state index in [0.717, 1.165) is 21.0 Å². The monoisotopic (exact) mass is 483 g/mol. The zero-order chi connectivity index (χ0) is 19.3. The van der Waals surface area contributed by atoms with Gasteiger partial charge in [0.1, 0.15) is 10.1 Å². The Labute approximate surface area is 212 Å². The Morgan fingerprint density at radius 2 is 1.57 bits per heavy atom. The maximum Gasteiger partial charge on any atom is 1.00 e. The molecule has 1 aliphatic rings. The van der Waals surface area contributed by atoms with E-state index >= 15 is 0 Å². The molecular formula is C19H11BrKNO5S. The Balaban J connectivity index is 0.00000225. The van der Waals surface area contributed by atoms with Crippen LogP contribution in [0.1, 0.15) is 26.3 Å². The van der Waals surface area contributed by atoms with E-state index in [0.29, 0.717) is 16.3 Å². The van der Waals surface area contributed by atoms with Gasteiger partial charge in [0, 0.05) is 21.0 Å². The largest absolute Gasteiger partial charge is 1.00 e. The molecule has 0 unspecified atom stereocenters. The minimum Gasteiger partial charge on any atom is -0.744 e. The molecule has 3 aromatic rings. The molecule has 0 aliphatic carbocycles. The molecule has 0 bridgehead atoms. The van der Waals surface area contributed by atoms with E-state index in [1.807, 2.05) is 0 Å². The van der Waals surface area contributed by atoms with Crippen LogP contribution in [0.2, 0.25) is 0 Å². The van der Waals surface area contributed by atoms with Gasteiger partial charge in [-0.25, -0.2) is 8.42 Å². The molecule has 0 atom stereocenters. The predicted octanol–water partition coefficient (Wildman–Crippen LogP) is 0.307. The van der Waals surface area contributed by atoms with Crippen LogP contribution in [0.5, 0.6) is 0 Å². The zero-order valence-electron chi connectivity index (χ0n) is 14.7. The standard InChI is InChI=1S/C19H12BrNO5S.K/c20-13-6-4-11(5-7-13)10-21-18(22)15-3-1-2-12-8-14(27(24,25)26)9-16(17(12)15)19(21)23;/h1-9H,10H2,(H,24,25,26);/q;+1/p-1. The van der Waals surface area contributed by atoms with E-state index in [2.05, 4.69) is 15.9 Å². The third-order valence-electron chi connectivity index (χ3n) is 4.44. The molecule has 0 saturated carbocycles. The Hall–Kier alpha value is -0.914. The number of hydrogen-bond acceptors (Lipinski definition) is 5. The van der Waals surface area contributed by atoms with E-state index in [1.54, 1.807) is 42.5 Å². The van der Waals surface area contributed by atoms with Gasteiger partial charge in [-0.05, 0) is 41.3 Å². The summed E-state index contributed by atoms with van der Waals surface area (Å²) in [6.45, 7) is 0.0368. The fourth-order valence-corrected chi connectivity index (χ4v) is 3.99. The average Bonchev–Trinajstić information content (AvgIpc) is 2.63. The second-order valence-corrected chi connectivity index (χ2v) is 8.45. The van der Waals surface area contributed by atoms with Gasteiger partial charge in [0.2, 0.25) is 0 Å². The average molecular weight is 484 g/mol. The molecule has 0 fully saturated rings. The molecule has 1 aliphatic heterocycles. The maximum absolute atomic E-state index is 13.0. The van der Waals surface area contributed by atoms with Crippen LogP contribution in [0.25, 0.3) is 10.8 Å². The van der Waals surface area contributed by atoms with E-state index in [-0.39, 0.29) is 63.5 Å². The minimum atomic E-state index is -4.74. The van der Waals surface area contributed by atoms with Gasteiger partial charge in [0.25, 0.3) is 11.8 Å². The molecule has 0 saturated heterocycles. The first kappa shape index (κ1) is 21.8. The second kappa shape index (κ2) is 8.08. The molecule has 4 rings (SSSR count). The molecule has 0 radical (unpaired) electrons. The number of nitrogens with zero attached hydrogens (tertiary/aromatic N) is 1. The number of carbonyl (C=O) groups excluding carboxylic acids is 2. The topological polar surface area (TPSA) is 94.6 Å². The van der Waals surface area contributed by atoms with Crippen molar-refractivity contribution in [2.75, 3.05) is 0 Å². The summed E-state index contributed by atoms with van der Waals surface area (Å²) in [7, 11) is -4.74. The molecular weight excluding hydrogens is 473 g/mol. The summed E-state index contributed by atoms with van der Waals surface area (Å²) in [5.74, 6) is -1.09. The van der Waals surface area contributed by atoms with Crippen molar-refractivity contribution in [3.05, 3.63) is 75.8 Å². The van der Waals surface area contributed by atoms with Crippen molar-refractivity contribution < 1.29 is 73.9 Å². The van der Waals surface area contributed by atoms with Gasteiger partial charge in [0.15, 0.2) is 0 Å². The molecule has 6 nitrogen and oxygen atoms in total. The predicted molar refractivity (Wildman–Crippen MR) is 100 cm³/mol. The van der Waals surface area contributed by atoms with Crippen LogP contribution < -0.4 is 51.4 Å². The summed E-state index contributed by atoms with van der Waals surface area (Å²) in [6.07, 6.45) is 0. The Bertz CT molecular complexity index is 1230. The fraction of sp³-hybridized carbons (Fsp3) is 0.0526. The van der Waals surface area contributed by atoms with Crippen molar-refractivity contribution in [3.63, 3.8) is 0 Å². The van der Waals surface area contributed by atoms with Gasteiger partial charge in [0.05, 0.1) is 11.4 Å². The molecule has 2 amide bonds. The Morgan fingerprint density at radius 3 is 2.21 bits per heavy atom. The first-order valence-corrected chi connectivity index (χ1v) is 10.1. The third-order valence-corrected chi connectivity index (χ3v) is 5.79. The zero-order valence-corrected chi connectivity index (χ0v) is 20.2. The molecule has 1 heterocycles. The third kappa shape index (κ3) is 3.90. The summed E-state index contributed by atoms with van der Waals surface area (Å²) in [6, 6.07) is 14.1. The summed E-state index contributed by atoms with van der Waals surface area (Å²) in [5.41, 5.74) is 1.08. The number of halogens is 1. The van der Waals surface area contributed by atoms with Gasteiger partial charge < -0.3 is 4.55 Å². The summed E-state index contributed by atoms with van der Waals surface area (Å²) < 4.78 is 35.3. The van der Waals surface area contributed by atoms with E-state index < -0.39 is 26.8 Å². The Morgan fingerprint density at radius 1 is 0.929 bits per heavy atom. The number of amides is 2. The smallest absolute Gasteiger partial charge is 0.744 e. The molecule has 0 aromatic heterocycles. The van der Waals surface area contributed by atoms with Crippen LogP contribution in [0, 0.1) is 0 Å². The van der Waals surface area contributed by atoms with Crippen LogP contribution in [0.3, 0.4) is 0 Å². The minimum absolute atomic E-state index is 0. The van der Waals surface area contributed by atoms with Crippen molar-refractivity contribution in [2.24, 2.45) is 0 Å². The second-order valence-electron chi connectivity index (χ2n) is 6.15. The van der Waals surface area contributed by atoms with Crippen LogP contribution in [-0.4, -0.2) is 29.7 Å². The number of benzene rings is 3. The first-order valence-electron chi connectivity index (χ1n) is 7.89. The summed E-state index contributed by atoms with van der Waals surface area (Å²) in [4.78, 5) is 26.4. The quantitative estimate of drug-likeness (QED) is 0.303.